The third kappa shape index (κ3) is 4.57. The van der Waals surface area contributed by atoms with Crippen LogP contribution in [0.4, 0.5) is 10.1 Å². The number of halogens is 1. The Morgan fingerprint density at radius 3 is 2.71 bits per heavy atom. The lowest BCUT2D eigenvalue weighted by Crippen LogP contribution is -2.43. The molecule has 1 aromatic rings. The predicted molar refractivity (Wildman–Crippen MR) is 81.3 cm³/mol. The molecule has 0 spiro atoms. The number of benzene rings is 1. The molecule has 0 saturated carbocycles. The van der Waals surface area contributed by atoms with Crippen molar-refractivity contribution < 1.29 is 17.5 Å². The molecule has 1 aliphatic heterocycles. The van der Waals surface area contributed by atoms with Gasteiger partial charge >= 0.3 is 0 Å². The van der Waals surface area contributed by atoms with Gasteiger partial charge in [0.15, 0.2) is 9.84 Å². The molecule has 118 valence electrons. The molecule has 7 heteroatoms. The van der Waals surface area contributed by atoms with Crippen molar-refractivity contribution in [2.75, 3.05) is 49.2 Å². The zero-order valence-corrected chi connectivity index (χ0v) is 13.0. The summed E-state index contributed by atoms with van der Waals surface area (Å²) in [6.45, 7) is 4.90. The topological polar surface area (TPSA) is 58.6 Å². The minimum absolute atomic E-state index is 0.0259. The number of hydrogen-bond donors (Lipinski definition) is 1. The second-order valence-corrected chi connectivity index (χ2v) is 7.41. The molecule has 2 rings (SSSR count). The van der Waals surface area contributed by atoms with Gasteiger partial charge < -0.3 is 15.0 Å². The largest absolute Gasteiger partial charge is 0.490 e. The molecule has 21 heavy (non-hydrogen) atoms. The number of nitrogens with one attached hydrogen (secondary N) is 1. The van der Waals surface area contributed by atoms with Gasteiger partial charge in [-0.3, -0.25) is 0 Å². The van der Waals surface area contributed by atoms with E-state index in [0.29, 0.717) is 11.4 Å². The van der Waals surface area contributed by atoms with Gasteiger partial charge in [-0.15, -0.1) is 0 Å². The highest BCUT2D eigenvalue weighted by Gasteiger charge is 2.16. The van der Waals surface area contributed by atoms with Crippen LogP contribution < -0.4 is 15.0 Å². The maximum atomic E-state index is 13.5. The van der Waals surface area contributed by atoms with E-state index in [1.807, 2.05) is 4.90 Å². The van der Waals surface area contributed by atoms with Gasteiger partial charge in [-0.05, 0) is 12.1 Å². The molecule has 1 N–H and O–H groups in total. The first-order valence-electron chi connectivity index (χ1n) is 7.10. The first-order valence-corrected chi connectivity index (χ1v) is 8.92. The fourth-order valence-corrected chi connectivity index (χ4v) is 2.81. The van der Waals surface area contributed by atoms with Crippen LogP contribution in [0.25, 0.3) is 0 Å². The predicted octanol–water partition coefficient (Wildman–Crippen LogP) is 1.05. The van der Waals surface area contributed by atoms with Crippen LogP contribution in [0.3, 0.4) is 0 Å². The first kappa shape index (κ1) is 16.0. The lowest BCUT2D eigenvalue weighted by atomic mass is 10.2. The van der Waals surface area contributed by atoms with Crippen LogP contribution in [-0.2, 0) is 9.84 Å². The van der Waals surface area contributed by atoms with Gasteiger partial charge in [0, 0.05) is 38.0 Å². The second kappa shape index (κ2) is 7.09. The smallest absolute Gasteiger partial charge is 0.153 e. The highest BCUT2D eigenvalue weighted by atomic mass is 32.2. The van der Waals surface area contributed by atoms with Gasteiger partial charge in [-0.2, -0.15) is 0 Å². The molecule has 0 amide bonds. The second-order valence-electron chi connectivity index (χ2n) is 4.93. The van der Waals surface area contributed by atoms with Crippen LogP contribution in [0.15, 0.2) is 18.2 Å². The molecule has 0 aromatic heterocycles. The number of anilines is 1. The van der Waals surface area contributed by atoms with Crippen molar-refractivity contribution in [1.82, 2.24) is 5.32 Å². The molecule has 1 saturated heterocycles. The summed E-state index contributed by atoms with van der Waals surface area (Å²) in [7, 11) is -3.06. The number of nitrogens with zero attached hydrogens (tertiary/aromatic N) is 1. The Hall–Kier alpha value is -1.34. The summed E-state index contributed by atoms with van der Waals surface area (Å²) >= 11 is 0. The highest BCUT2D eigenvalue weighted by molar-refractivity contribution is 7.91. The number of piperazine rings is 1. The van der Waals surface area contributed by atoms with Gasteiger partial charge in [0.05, 0.1) is 11.4 Å². The summed E-state index contributed by atoms with van der Waals surface area (Å²) in [5, 5.41) is 3.23. The molecular formula is C14H21FN2O3S. The van der Waals surface area contributed by atoms with Crippen molar-refractivity contribution in [3.63, 3.8) is 0 Å². The summed E-state index contributed by atoms with van der Waals surface area (Å²) < 4.78 is 42.0. The molecule has 1 aromatic carbocycles. The Labute approximate surface area is 125 Å². The molecule has 0 bridgehead atoms. The zero-order valence-electron chi connectivity index (χ0n) is 12.1. The van der Waals surface area contributed by atoms with Gasteiger partial charge in [0.2, 0.25) is 0 Å². The fourth-order valence-electron chi connectivity index (χ4n) is 2.19. The lowest BCUT2D eigenvalue weighted by Gasteiger charge is -2.30. The quantitative estimate of drug-likeness (QED) is 0.850. The van der Waals surface area contributed by atoms with Crippen molar-refractivity contribution in [2.24, 2.45) is 0 Å². The molecule has 5 nitrogen and oxygen atoms in total. The summed E-state index contributed by atoms with van der Waals surface area (Å²) in [6.07, 6.45) is 0. The van der Waals surface area contributed by atoms with E-state index < -0.39 is 9.84 Å². The van der Waals surface area contributed by atoms with Crippen LogP contribution in [0.2, 0.25) is 0 Å². The van der Waals surface area contributed by atoms with Gasteiger partial charge in [0.1, 0.15) is 18.2 Å². The van der Waals surface area contributed by atoms with E-state index >= 15 is 0 Å². The fraction of sp³-hybridized carbons (Fsp3) is 0.571. The lowest BCUT2D eigenvalue weighted by molar-refractivity contribution is 0.340. The van der Waals surface area contributed by atoms with Crippen LogP contribution in [-0.4, -0.2) is 52.7 Å². The van der Waals surface area contributed by atoms with Crippen molar-refractivity contribution >= 4 is 15.5 Å². The third-order valence-electron chi connectivity index (χ3n) is 3.47. The van der Waals surface area contributed by atoms with E-state index in [0.717, 1.165) is 26.2 Å². The minimum atomic E-state index is -3.06. The van der Waals surface area contributed by atoms with E-state index in [4.69, 9.17) is 4.74 Å². The number of rotatable bonds is 6. The van der Waals surface area contributed by atoms with Crippen LogP contribution in [0, 0.1) is 5.82 Å². The zero-order chi connectivity index (χ0) is 15.3. The molecule has 0 atom stereocenters. The van der Waals surface area contributed by atoms with E-state index in [1.54, 1.807) is 13.0 Å². The van der Waals surface area contributed by atoms with Gasteiger partial charge in [0.25, 0.3) is 0 Å². The van der Waals surface area contributed by atoms with Crippen molar-refractivity contribution in [2.45, 2.75) is 6.92 Å². The Morgan fingerprint density at radius 1 is 1.33 bits per heavy atom. The van der Waals surface area contributed by atoms with Crippen LogP contribution >= 0.6 is 0 Å². The summed E-state index contributed by atoms with van der Waals surface area (Å²) in [5.41, 5.74) is 0.686. The third-order valence-corrected chi connectivity index (χ3v) is 5.14. The van der Waals surface area contributed by atoms with Crippen molar-refractivity contribution in [3.8, 4) is 5.75 Å². The Bertz CT molecular complexity index is 572. The monoisotopic (exact) mass is 316 g/mol. The Balaban J connectivity index is 2.08. The standard InChI is InChI=1S/C14H21FN2O3S/c1-2-21(18,19)10-9-20-14-4-3-12(15)11-13(14)17-7-5-16-6-8-17/h3-4,11,16H,2,5-10H2,1H3. The maximum absolute atomic E-state index is 13.5. The SMILES string of the molecule is CCS(=O)(=O)CCOc1ccc(F)cc1N1CCNCC1. The molecular weight excluding hydrogens is 295 g/mol. The molecule has 0 unspecified atom stereocenters. The average molecular weight is 316 g/mol. The normalized spacial score (nSPS) is 16.0. The molecule has 0 radical (unpaired) electrons. The average Bonchev–Trinajstić information content (AvgIpc) is 2.49. The van der Waals surface area contributed by atoms with Crippen molar-refractivity contribution in [1.29, 1.82) is 0 Å². The van der Waals surface area contributed by atoms with E-state index in [-0.39, 0.29) is 23.9 Å². The van der Waals surface area contributed by atoms with E-state index in [9.17, 15) is 12.8 Å². The number of ether oxygens (including phenoxy) is 1. The summed E-state index contributed by atoms with van der Waals surface area (Å²) in [4.78, 5) is 2.04. The highest BCUT2D eigenvalue weighted by Crippen LogP contribution is 2.29. The Kier molecular flexibility index (Phi) is 5.41. The maximum Gasteiger partial charge on any atom is 0.153 e. The molecule has 1 aliphatic rings. The van der Waals surface area contributed by atoms with E-state index in [1.165, 1.54) is 12.1 Å². The molecule has 1 fully saturated rings. The first-order chi connectivity index (χ1) is 10.0. The molecule has 1 heterocycles. The van der Waals surface area contributed by atoms with Gasteiger partial charge in [-0.1, -0.05) is 6.92 Å². The summed E-state index contributed by atoms with van der Waals surface area (Å²) in [6, 6.07) is 4.33. The van der Waals surface area contributed by atoms with Crippen LogP contribution in [0.1, 0.15) is 6.92 Å². The number of sulfone groups is 1. The van der Waals surface area contributed by atoms with E-state index in [2.05, 4.69) is 5.32 Å². The Morgan fingerprint density at radius 2 is 2.05 bits per heavy atom. The molecule has 0 aliphatic carbocycles. The minimum Gasteiger partial charge on any atom is -0.490 e. The van der Waals surface area contributed by atoms with Crippen LogP contribution in [0.5, 0.6) is 5.75 Å². The van der Waals surface area contributed by atoms with Crippen molar-refractivity contribution in [3.05, 3.63) is 24.0 Å². The number of hydrogen-bond acceptors (Lipinski definition) is 5. The van der Waals surface area contributed by atoms with Gasteiger partial charge in [-0.25, -0.2) is 12.8 Å². The summed E-state index contributed by atoms with van der Waals surface area (Å²) in [5.74, 6) is 0.286.